The zero-order valence-corrected chi connectivity index (χ0v) is 11.4. The van der Waals surface area contributed by atoms with E-state index in [4.69, 9.17) is 16.3 Å². The van der Waals surface area contributed by atoms with E-state index in [1.807, 2.05) is 0 Å². The van der Waals surface area contributed by atoms with Gasteiger partial charge in [0.25, 0.3) is 0 Å². The third kappa shape index (κ3) is 1.87. The lowest BCUT2D eigenvalue weighted by molar-refractivity contribution is 0.0520. The average Bonchev–Trinajstić information content (AvgIpc) is 2.92. The molecule has 0 radical (unpaired) electrons. The molecular formula is C12H8ClFN2O2S. The van der Waals surface area contributed by atoms with Crippen molar-refractivity contribution >= 4 is 44.1 Å². The van der Waals surface area contributed by atoms with Crippen molar-refractivity contribution in [1.29, 1.82) is 0 Å². The highest BCUT2D eigenvalue weighted by Crippen LogP contribution is 2.33. The number of imidazole rings is 1. The second-order valence-electron chi connectivity index (χ2n) is 3.81. The SMILES string of the molecule is CCOC(=O)c1cn2c(n1)sc1c(Cl)c(F)ccc12. The highest BCUT2D eigenvalue weighted by molar-refractivity contribution is 7.24. The molecule has 0 aliphatic rings. The Bertz CT molecular complexity index is 796. The predicted octanol–water partition coefficient (Wildman–Crippen LogP) is 3.52. The molecule has 3 rings (SSSR count). The van der Waals surface area contributed by atoms with E-state index in [-0.39, 0.29) is 10.7 Å². The lowest BCUT2D eigenvalue weighted by Crippen LogP contribution is -2.04. The Morgan fingerprint density at radius 1 is 1.58 bits per heavy atom. The molecule has 0 spiro atoms. The van der Waals surface area contributed by atoms with Crippen LogP contribution in [-0.4, -0.2) is 22.0 Å². The molecule has 0 unspecified atom stereocenters. The minimum atomic E-state index is -0.472. The first-order valence-corrected chi connectivity index (χ1v) is 6.74. The number of ether oxygens (including phenoxy) is 1. The summed E-state index contributed by atoms with van der Waals surface area (Å²) in [6, 6.07) is 2.90. The lowest BCUT2D eigenvalue weighted by Gasteiger charge is -1.97. The van der Waals surface area contributed by atoms with Gasteiger partial charge in [-0.15, -0.1) is 0 Å². The second-order valence-corrected chi connectivity index (χ2v) is 5.17. The molecule has 0 amide bonds. The van der Waals surface area contributed by atoms with Gasteiger partial charge in [-0.3, -0.25) is 4.40 Å². The van der Waals surface area contributed by atoms with Crippen LogP contribution in [0.3, 0.4) is 0 Å². The molecule has 98 valence electrons. The van der Waals surface area contributed by atoms with E-state index < -0.39 is 11.8 Å². The van der Waals surface area contributed by atoms with Crippen molar-refractivity contribution in [3.05, 3.63) is 34.9 Å². The molecule has 0 fully saturated rings. The third-order valence-corrected chi connectivity index (χ3v) is 4.21. The predicted molar refractivity (Wildman–Crippen MR) is 71.5 cm³/mol. The first kappa shape index (κ1) is 12.4. The van der Waals surface area contributed by atoms with E-state index >= 15 is 0 Å². The van der Waals surface area contributed by atoms with Crippen LogP contribution < -0.4 is 0 Å². The largest absolute Gasteiger partial charge is 0.461 e. The van der Waals surface area contributed by atoms with Crippen LogP contribution in [0.5, 0.6) is 0 Å². The smallest absolute Gasteiger partial charge is 0.358 e. The number of aromatic nitrogens is 2. The summed E-state index contributed by atoms with van der Waals surface area (Å²) >= 11 is 7.14. The number of nitrogens with zero attached hydrogens (tertiary/aromatic N) is 2. The fourth-order valence-corrected chi connectivity index (χ4v) is 3.12. The Morgan fingerprint density at radius 2 is 2.37 bits per heavy atom. The highest BCUT2D eigenvalue weighted by atomic mass is 35.5. The van der Waals surface area contributed by atoms with Gasteiger partial charge in [0.05, 0.1) is 21.8 Å². The maximum atomic E-state index is 13.4. The summed E-state index contributed by atoms with van der Waals surface area (Å²) < 4.78 is 20.6. The summed E-state index contributed by atoms with van der Waals surface area (Å²) in [5.74, 6) is -0.941. The molecule has 19 heavy (non-hydrogen) atoms. The number of halogens is 2. The molecule has 0 aliphatic carbocycles. The molecule has 0 N–H and O–H groups in total. The highest BCUT2D eigenvalue weighted by Gasteiger charge is 2.17. The van der Waals surface area contributed by atoms with E-state index in [2.05, 4.69) is 4.98 Å². The molecular weight excluding hydrogens is 291 g/mol. The topological polar surface area (TPSA) is 43.6 Å². The Morgan fingerprint density at radius 3 is 3.11 bits per heavy atom. The van der Waals surface area contributed by atoms with Crippen molar-refractivity contribution < 1.29 is 13.9 Å². The quantitative estimate of drug-likeness (QED) is 0.680. The summed E-state index contributed by atoms with van der Waals surface area (Å²) in [4.78, 5) is 16.3. The maximum Gasteiger partial charge on any atom is 0.358 e. The monoisotopic (exact) mass is 298 g/mol. The molecule has 2 heterocycles. The second kappa shape index (κ2) is 4.47. The van der Waals surface area contributed by atoms with Crippen LogP contribution in [0.15, 0.2) is 18.3 Å². The van der Waals surface area contributed by atoms with Gasteiger partial charge >= 0.3 is 5.97 Å². The van der Waals surface area contributed by atoms with Crippen LogP contribution in [0.1, 0.15) is 17.4 Å². The maximum absolute atomic E-state index is 13.4. The number of thiazole rings is 1. The Balaban J connectivity index is 2.21. The van der Waals surface area contributed by atoms with Gasteiger partial charge in [-0.05, 0) is 19.1 Å². The Hall–Kier alpha value is -1.66. The first-order valence-electron chi connectivity index (χ1n) is 5.54. The van der Waals surface area contributed by atoms with Crippen molar-refractivity contribution in [3.8, 4) is 0 Å². The number of benzene rings is 1. The molecule has 0 saturated heterocycles. The Kier molecular flexibility index (Phi) is 2.91. The van der Waals surface area contributed by atoms with Gasteiger partial charge in [0.1, 0.15) is 5.82 Å². The minimum absolute atomic E-state index is 0.0747. The molecule has 0 bridgehead atoms. The molecule has 7 heteroatoms. The zero-order valence-electron chi connectivity index (χ0n) is 9.81. The number of carbonyl (C=O) groups is 1. The van der Waals surface area contributed by atoms with Gasteiger partial charge in [0, 0.05) is 6.20 Å². The number of esters is 1. The summed E-state index contributed by atoms with van der Waals surface area (Å²) in [6.45, 7) is 2.02. The molecule has 1 aromatic carbocycles. The molecule has 0 saturated carbocycles. The lowest BCUT2D eigenvalue weighted by atomic mass is 10.3. The van der Waals surface area contributed by atoms with E-state index in [0.29, 0.717) is 16.3 Å². The molecule has 0 aliphatic heterocycles. The van der Waals surface area contributed by atoms with E-state index in [9.17, 15) is 9.18 Å². The van der Waals surface area contributed by atoms with E-state index in [0.717, 1.165) is 5.52 Å². The summed E-state index contributed by atoms with van der Waals surface area (Å²) in [5.41, 5.74) is 0.949. The normalized spacial score (nSPS) is 11.3. The van der Waals surface area contributed by atoms with Crippen LogP contribution in [0, 0.1) is 5.82 Å². The average molecular weight is 299 g/mol. The number of hydrogen-bond acceptors (Lipinski definition) is 4. The molecule has 2 aromatic heterocycles. The molecule has 4 nitrogen and oxygen atoms in total. The number of rotatable bonds is 2. The fourth-order valence-electron chi connectivity index (χ4n) is 1.81. The number of carbonyl (C=O) groups excluding carboxylic acids is 1. The van der Waals surface area contributed by atoms with Gasteiger partial charge in [-0.25, -0.2) is 14.2 Å². The number of fused-ring (bicyclic) bond motifs is 3. The summed E-state index contributed by atoms with van der Waals surface area (Å²) in [5, 5.41) is 0.0747. The zero-order chi connectivity index (χ0) is 13.6. The first-order chi connectivity index (χ1) is 9.11. The minimum Gasteiger partial charge on any atom is -0.461 e. The van der Waals surface area contributed by atoms with Crippen molar-refractivity contribution in [2.24, 2.45) is 0 Å². The van der Waals surface area contributed by atoms with Crippen molar-refractivity contribution in [2.45, 2.75) is 6.92 Å². The van der Waals surface area contributed by atoms with Crippen molar-refractivity contribution in [1.82, 2.24) is 9.38 Å². The molecule has 3 aromatic rings. The van der Waals surface area contributed by atoms with Crippen LogP contribution in [0.25, 0.3) is 15.2 Å². The standard InChI is InChI=1S/C12H8ClFN2O2S/c1-2-18-11(17)7-5-16-8-4-3-6(14)9(13)10(8)19-12(16)15-7/h3-5H,2H2,1H3. The number of hydrogen-bond donors (Lipinski definition) is 0. The van der Waals surface area contributed by atoms with Gasteiger partial charge in [-0.2, -0.15) is 0 Å². The molecule has 0 atom stereocenters. The van der Waals surface area contributed by atoms with Crippen LogP contribution in [0.2, 0.25) is 5.02 Å². The van der Waals surface area contributed by atoms with Gasteiger partial charge < -0.3 is 4.74 Å². The van der Waals surface area contributed by atoms with Crippen LogP contribution >= 0.6 is 22.9 Å². The third-order valence-electron chi connectivity index (χ3n) is 2.64. The van der Waals surface area contributed by atoms with Crippen molar-refractivity contribution in [3.63, 3.8) is 0 Å². The summed E-state index contributed by atoms with van der Waals surface area (Å²) in [7, 11) is 0. The van der Waals surface area contributed by atoms with Crippen LogP contribution in [-0.2, 0) is 4.74 Å². The van der Waals surface area contributed by atoms with Gasteiger partial charge in [0.2, 0.25) is 0 Å². The van der Waals surface area contributed by atoms with Gasteiger partial charge in [-0.1, -0.05) is 22.9 Å². The fraction of sp³-hybridized carbons (Fsp3) is 0.167. The van der Waals surface area contributed by atoms with Gasteiger partial charge in [0.15, 0.2) is 10.7 Å². The van der Waals surface area contributed by atoms with Crippen LogP contribution in [0.4, 0.5) is 4.39 Å². The Labute approximate surface area is 116 Å². The van der Waals surface area contributed by atoms with E-state index in [1.165, 1.54) is 17.4 Å². The van der Waals surface area contributed by atoms with E-state index in [1.54, 1.807) is 23.6 Å². The summed E-state index contributed by atoms with van der Waals surface area (Å²) in [6.07, 6.45) is 1.57. The van der Waals surface area contributed by atoms with Crippen molar-refractivity contribution in [2.75, 3.05) is 6.61 Å².